The van der Waals surface area contributed by atoms with E-state index >= 15 is 0 Å². The number of anilines is 2. The van der Waals surface area contributed by atoms with E-state index in [0.29, 0.717) is 31.3 Å². The molecule has 3 N–H and O–H groups in total. The SMILES string of the molecule is O=C1NCc2cnc(NCCCN3CCCC3=O)nc2N1. The quantitative estimate of drug-likeness (QED) is 0.687. The van der Waals surface area contributed by atoms with Crippen LogP contribution in [0.4, 0.5) is 16.6 Å². The molecule has 0 saturated carbocycles. The van der Waals surface area contributed by atoms with Crippen molar-refractivity contribution in [3.05, 3.63) is 11.8 Å². The normalized spacial score (nSPS) is 17.2. The number of rotatable bonds is 5. The molecule has 8 heteroatoms. The molecular weight excluding hydrogens is 272 g/mol. The third-order valence-corrected chi connectivity index (χ3v) is 3.60. The van der Waals surface area contributed by atoms with Crippen molar-refractivity contribution >= 4 is 23.7 Å². The number of carbonyl (C=O) groups is 2. The summed E-state index contributed by atoms with van der Waals surface area (Å²) in [6.45, 7) is 2.76. The largest absolute Gasteiger partial charge is 0.354 e. The van der Waals surface area contributed by atoms with Gasteiger partial charge in [-0.05, 0) is 12.8 Å². The summed E-state index contributed by atoms with van der Waals surface area (Å²) < 4.78 is 0. The van der Waals surface area contributed by atoms with Gasteiger partial charge in [-0.1, -0.05) is 0 Å². The summed E-state index contributed by atoms with van der Waals surface area (Å²) in [7, 11) is 0. The number of likely N-dealkylation sites (tertiary alicyclic amines) is 1. The lowest BCUT2D eigenvalue weighted by atomic mass is 10.3. The fourth-order valence-corrected chi connectivity index (χ4v) is 2.47. The Morgan fingerprint density at radius 3 is 3.10 bits per heavy atom. The van der Waals surface area contributed by atoms with Gasteiger partial charge in [0.2, 0.25) is 11.9 Å². The molecule has 112 valence electrons. The predicted octanol–water partition coefficient (Wildman–Crippen LogP) is 0.536. The molecule has 0 unspecified atom stereocenters. The lowest BCUT2D eigenvalue weighted by molar-refractivity contribution is -0.127. The van der Waals surface area contributed by atoms with Crippen LogP contribution in [0.25, 0.3) is 0 Å². The van der Waals surface area contributed by atoms with Gasteiger partial charge in [-0.3, -0.25) is 10.1 Å². The fraction of sp³-hybridized carbons (Fsp3) is 0.538. The zero-order valence-electron chi connectivity index (χ0n) is 11.7. The van der Waals surface area contributed by atoms with Crippen LogP contribution in [-0.4, -0.2) is 46.4 Å². The molecule has 0 bridgehead atoms. The summed E-state index contributed by atoms with van der Waals surface area (Å²) in [6, 6.07) is -0.250. The molecule has 0 radical (unpaired) electrons. The van der Waals surface area contributed by atoms with Crippen molar-refractivity contribution in [2.45, 2.75) is 25.8 Å². The third kappa shape index (κ3) is 3.21. The molecule has 1 aromatic heterocycles. The average molecular weight is 290 g/mol. The predicted molar refractivity (Wildman–Crippen MR) is 76.8 cm³/mol. The highest BCUT2D eigenvalue weighted by Gasteiger charge is 2.19. The topological polar surface area (TPSA) is 99.3 Å². The van der Waals surface area contributed by atoms with E-state index in [2.05, 4.69) is 25.9 Å². The molecule has 2 aliphatic rings. The summed E-state index contributed by atoms with van der Waals surface area (Å²) in [6.07, 6.45) is 4.18. The van der Waals surface area contributed by atoms with Gasteiger partial charge >= 0.3 is 6.03 Å². The van der Waals surface area contributed by atoms with E-state index < -0.39 is 0 Å². The number of urea groups is 1. The van der Waals surface area contributed by atoms with Gasteiger partial charge in [0.1, 0.15) is 5.82 Å². The fourth-order valence-electron chi connectivity index (χ4n) is 2.47. The second kappa shape index (κ2) is 5.94. The van der Waals surface area contributed by atoms with Crippen LogP contribution in [0, 0.1) is 0 Å². The number of hydrogen-bond acceptors (Lipinski definition) is 5. The van der Waals surface area contributed by atoms with Crippen molar-refractivity contribution in [3.8, 4) is 0 Å². The van der Waals surface area contributed by atoms with Gasteiger partial charge in [-0.15, -0.1) is 0 Å². The van der Waals surface area contributed by atoms with Crippen LogP contribution in [-0.2, 0) is 11.3 Å². The number of amides is 3. The van der Waals surface area contributed by atoms with E-state index in [1.807, 2.05) is 4.90 Å². The molecule has 1 saturated heterocycles. The number of fused-ring (bicyclic) bond motifs is 1. The number of hydrogen-bond donors (Lipinski definition) is 3. The van der Waals surface area contributed by atoms with Crippen LogP contribution in [0.2, 0.25) is 0 Å². The molecule has 0 aliphatic carbocycles. The molecule has 1 aromatic rings. The minimum atomic E-state index is -0.250. The van der Waals surface area contributed by atoms with E-state index in [4.69, 9.17) is 0 Å². The molecule has 0 aromatic carbocycles. The van der Waals surface area contributed by atoms with Gasteiger partial charge in [0.15, 0.2) is 0 Å². The van der Waals surface area contributed by atoms with E-state index in [9.17, 15) is 9.59 Å². The Labute approximate surface area is 122 Å². The lowest BCUT2D eigenvalue weighted by Crippen LogP contribution is -2.34. The van der Waals surface area contributed by atoms with Crippen LogP contribution in [0.5, 0.6) is 0 Å². The molecule has 0 spiro atoms. The van der Waals surface area contributed by atoms with Crippen LogP contribution in [0.15, 0.2) is 6.20 Å². The molecule has 21 heavy (non-hydrogen) atoms. The summed E-state index contributed by atoms with van der Waals surface area (Å²) in [4.78, 5) is 33.1. The Morgan fingerprint density at radius 2 is 2.29 bits per heavy atom. The molecule has 1 fully saturated rings. The van der Waals surface area contributed by atoms with E-state index in [1.165, 1.54) is 0 Å². The number of aromatic nitrogens is 2. The van der Waals surface area contributed by atoms with Gasteiger partial charge in [0, 0.05) is 44.4 Å². The van der Waals surface area contributed by atoms with Crippen LogP contribution in [0.1, 0.15) is 24.8 Å². The molecule has 3 amide bonds. The first-order valence-electron chi connectivity index (χ1n) is 7.15. The first-order chi connectivity index (χ1) is 10.2. The van der Waals surface area contributed by atoms with Gasteiger partial charge in [0.05, 0.1) is 0 Å². The smallest absolute Gasteiger partial charge is 0.320 e. The van der Waals surface area contributed by atoms with E-state index in [0.717, 1.165) is 31.5 Å². The van der Waals surface area contributed by atoms with Crippen molar-refractivity contribution in [1.29, 1.82) is 0 Å². The lowest BCUT2D eigenvalue weighted by Gasteiger charge is -2.18. The van der Waals surface area contributed by atoms with Gasteiger partial charge < -0.3 is 15.5 Å². The zero-order chi connectivity index (χ0) is 14.7. The maximum absolute atomic E-state index is 11.5. The Morgan fingerprint density at radius 1 is 1.38 bits per heavy atom. The summed E-state index contributed by atoms with van der Waals surface area (Å²) in [5.41, 5.74) is 0.864. The molecule has 8 nitrogen and oxygen atoms in total. The standard InChI is InChI=1S/C13H18N6O2/c20-10-3-1-5-19(10)6-2-4-14-12-15-7-9-8-16-13(21)18-11(9)17-12/h7H,1-6,8H2,(H3,14,15,16,17,18,21). The Kier molecular flexibility index (Phi) is 3.85. The maximum atomic E-state index is 11.5. The van der Waals surface area contributed by atoms with Gasteiger partial charge in [0.25, 0.3) is 0 Å². The minimum absolute atomic E-state index is 0.246. The summed E-state index contributed by atoms with van der Waals surface area (Å²) >= 11 is 0. The van der Waals surface area contributed by atoms with Gasteiger partial charge in [-0.2, -0.15) is 4.98 Å². The summed E-state index contributed by atoms with van der Waals surface area (Å²) in [5, 5.41) is 8.42. The van der Waals surface area contributed by atoms with Crippen molar-refractivity contribution in [3.63, 3.8) is 0 Å². The first-order valence-corrected chi connectivity index (χ1v) is 7.15. The van der Waals surface area contributed by atoms with Crippen LogP contribution < -0.4 is 16.0 Å². The van der Waals surface area contributed by atoms with Crippen molar-refractivity contribution in [2.75, 3.05) is 30.3 Å². The highest BCUT2D eigenvalue weighted by atomic mass is 16.2. The van der Waals surface area contributed by atoms with Crippen molar-refractivity contribution in [2.24, 2.45) is 0 Å². The second-order valence-corrected chi connectivity index (χ2v) is 5.14. The average Bonchev–Trinajstić information content (AvgIpc) is 2.88. The summed E-state index contributed by atoms with van der Waals surface area (Å²) in [5.74, 6) is 1.28. The Balaban J connectivity index is 1.48. The van der Waals surface area contributed by atoms with Crippen molar-refractivity contribution < 1.29 is 9.59 Å². The molecule has 0 atom stereocenters. The Hall–Kier alpha value is -2.38. The molecule has 3 rings (SSSR count). The molecular formula is C13H18N6O2. The van der Waals surface area contributed by atoms with Crippen LogP contribution >= 0.6 is 0 Å². The Bertz CT molecular complexity index is 562. The second-order valence-electron chi connectivity index (χ2n) is 5.14. The minimum Gasteiger partial charge on any atom is -0.354 e. The molecule has 2 aliphatic heterocycles. The van der Waals surface area contributed by atoms with E-state index in [-0.39, 0.29) is 11.9 Å². The number of carbonyl (C=O) groups excluding carboxylic acids is 2. The zero-order valence-corrected chi connectivity index (χ0v) is 11.7. The number of nitrogens with zero attached hydrogens (tertiary/aromatic N) is 3. The first kappa shape index (κ1) is 13.6. The highest BCUT2D eigenvalue weighted by Crippen LogP contribution is 2.16. The highest BCUT2D eigenvalue weighted by molar-refractivity contribution is 5.91. The third-order valence-electron chi connectivity index (χ3n) is 3.60. The van der Waals surface area contributed by atoms with E-state index in [1.54, 1.807) is 6.20 Å². The number of nitrogens with one attached hydrogen (secondary N) is 3. The monoisotopic (exact) mass is 290 g/mol. The molecule has 3 heterocycles. The van der Waals surface area contributed by atoms with Crippen molar-refractivity contribution in [1.82, 2.24) is 20.2 Å². The van der Waals surface area contributed by atoms with Gasteiger partial charge in [-0.25, -0.2) is 9.78 Å². The van der Waals surface area contributed by atoms with Crippen LogP contribution in [0.3, 0.4) is 0 Å². The maximum Gasteiger partial charge on any atom is 0.320 e.